The van der Waals surface area contributed by atoms with E-state index in [1.54, 1.807) is 0 Å². The first-order chi connectivity index (χ1) is 3.39. The van der Waals surface area contributed by atoms with Gasteiger partial charge in [0.05, 0.1) is 0 Å². The van der Waals surface area contributed by atoms with Gasteiger partial charge in [-0.25, -0.2) is 0 Å². The molecule has 0 atom stereocenters. The van der Waals surface area contributed by atoms with Crippen LogP contribution in [0.1, 0.15) is 0 Å². The highest BCUT2D eigenvalue weighted by atomic mass is 32.1. The maximum Gasteiger partial charge on any atom is 0.0313 e. The number of anilines is 1. The molecule has 0 aliphatic rings. The molecule has 1 nitrogen and oxygen atoms in total. The van der Waals surface area contributed by atoms with Gasteiger partial charge in [0.1, 0.15) is 0 Å². The van der Waals surface area contributed by atoms with Crippen molar-refractivity contribution < 1.29 is 0 Å². The Morgan fingerprint density at radius 3 is 1.75 bits per heavy atom. The summed E-state index contributed by atoms with van der Waals surface area (Å²) in [7, 11) is 0. The van der Waals surface area contributed by atoms with Gasteiger partial charge in [0.25, 0.3) is 0 Å². The second-order valence-electron chi connectivity index (χ2n) is 1.41. The molecule has 1 aromatic rings. The first-order valence-electron chi connectivity index (χ1n) is 2.20. The molecule has 1 rings (SSSR count). The lowest BCUT2D eigenvalue weighted by atomic mass is 10.3. The van der Waals surface area contributed by atoms with Crippen molar-refractivity contribution in [3.8, 4) is 0 Å². The van der Waals surface area contributed by atoms with Crippen molar-refractivity contribution in [1.29, 1.82) is 0 Å². The normalized spacial score (nSPS) is 7.50. The van der Waals surface area contributed by atoms with Crippen LogP contribution in [-0.4, -0.2) is 0 Å². The van der Waals surface area contributed by atoms with Crippen molar-refractivity contribution in [3.63, 3.8) is 0 Å². The minimum absolute atomic E-state index is 0. The van der Waals surface area contributed by atoms with Crippen molar-refractivity contribution in [2.45, 2.75) is 0 Å². The molecule has 2 heteroatoms. The zero-order chi connectivity index (χ0) is 5.11. The van der Waals surface area contributed by atoms with E-state index < -0.39 is 0 Å². The first-order valence-corrected chi connectivity index (χ1v) is 2.20. The van der Waals surface area contributed by atoms with Crippen LogP contribution >= 0.6 is 13.5 Å². The summed E-state index contributed by atoms with van der Waals surface area (Å²) in [5.74, 6) is 0. The molecular weight excluding hydrogens is 118 g/mol. The standard InChI is InChI=1S/C6H7N.H2S/c7-6-4-2-1-3-5-6;/h1-5H,7H2;1H2. The Balaban J connectivity index is 0.000000490. The number of benzene rings is 1. The molecule has 0 amide bonds. The summed E-state index contributed by atoms with van der Waals surface area (Å²) in [6.45, 7) is 0. The van der Waals surface area contributed by atoms with Crippen LogP contribution in [0.2, 0.25) is 0 Å². The van der Waals surface area contributed by atoms with E-state index in [1.807, 2.05) is 30.3 Å². The monoisotopic (exact) mass is 127 g/mol. The third-order valence-electron chi connectivity index (χ3n) is 0.800. The molecule has 1 aromatic carbocycles. The Bertz CT molecular complexity index is 138. The number of hydrogen-bond acceptors (Lipinski definition) is 1. The average molecular weight is 127 g/mol. The Hall–Kier alpha value is -0.630. The van der Waals surface area contributed by atoms with E-state index in [-0.39, 0.29) is 13.5 Å². The highest BCUT2D eigenvalue weighted by Crippen LogP contribution is 1.95. The summed E-state index contributed by atoms with van der Waals surface area (Å²) in [5, 5.41) is 0. The number of para-hydroxylation sites is 1. The van der Waals surface area contributed by atoms with Crippen LogP contribution in [0.25, 0.3) is 0 Å². The first kappa shape index (κ1) is 7.37. The van der Waals surface area contributed by atoms with Gasteiger partial charge in [-0.2, -0.15) is 13.5 Å². The number of nitrogen functional groups attached to an aromatic ring is 1. The van der Waals surface area contributed by atoms with E-state index in [4.69, 9.17) is 5.73 Å². The lowest BCUT2D eigenvalue weighted by molar-refractivity contribution is 1.69. The maximum absolute atomic E-state index is 5.36. The number of nitrogens with two attached hydrogens (primary N) is 1. The summed E-state index contributed by atoms with van der Waals surface area (Å²) in [6.07, 6.45) is 0. The van der Waals surface area contributed by atoms with Crippen LogP contribution in [0.4, 0.5) is 5.69 Å². The van der Waals surface area contributed by atoms with Gasteiger partial charge in [0.15, 0.2) is 0 Å². The summed E-state index contributed by atoms with van der Waals surface area (Å²) in [6, 6.07) is 9.49. The zero-order valence-corrected chi connectivity index (χ0v) is 5.46. The molecule has 0 aliphatic heterocycles. The van der Waals surface area contributed by atoms with Crippen molar-refractivity contribution in [1.82, 2.24) is 0 Å². The Morgan fingerprint density at radius 2 is 1.50 bits per heavy atom. The minimum atomic E-state index is 0. The largest absolute Gasteiger partial charge is 0.399 e. The van der Waals surface area contributed by atoms with Gasteiger partial charge in [-0.1, -0.05) is 18.2 Å². The number of hydrogen-bond donors (Lipinski definition) is 1. The fourth-order valence-corrected chi connectivity index (χ4v) is 0.453. The molecule has 44 valence electrons. The lowest BCUT2D eigenvalue weighted by Gasteiger charge is -1.83. The fraction of sp³-hybridized carbons (Fsp3) is 0. The molecule has 8 heavy (non-hydrogen) atoms. The summed E-state index contributed by atoms with van der Waals surface area (Å²) < 4.78 is 0. The lowest BCUT2D eigenvalue weighted by Crippen LogP contribution is -1.79. The Morgan fingerprint density at radius 1 is 1.00 bits per heavy atom. The molecule has 0 aliphatic carbocycles. The quantitative estimate of drug-likeness (QED) is 0.523. The Kier molecular flexibility index (Phi) is 3.12. The predicted octanol–water partition coefficient (Wildman–Crippen LogP) is 1.38. The van der Waals surface area contributed by atoms with Gasteiger partial charge in [-0.15, -0.1) is 0 Å². The predicted molar refractivity (Wildman–Crippen MR) is 41.2 cm³/mol. The summed E-state index contributed by atoms with van der Waals surface area (Å²) in [4.78, 5) is 0. The summed E-state index contributed by atoms with van der Waals surface area (Å²) in [5.41, 5.74) is 6.18. The third-order valence-corrected chi connectivity index (χ3v) is 0.800. The fourth-order valence-electron chi connectivity index (χ4n) is 0.453. The molecule has 0 saturated heterocycles. The van der Waals surface area contributed by atoms with E-state index in [0.717, 1.165) is 5.69 Å². The molecule has 0 saturated carbocycles. The average Bonchev–Trinajstić information content (AvgIpc) is 1.69. The van der Waals surface area contributed by atoms with Gasteiger partial charge < -0.3 is 5.73 Å². The highest BCUT2D eigenvalue weighted by molar-refractivity contribution is 7.59. The van der Waals surface area contributed by atoms with Crippen LogP contribution in [0.3, 0.4) is 0 Å². The Labute approximate surface area is 56.0 Å². The van der Waals surface area contributed by atoms with Crippen LogP contribution in [-0.2, 0) is 0 Å². The van der Waals surface area contributed by atoms with Gasteiger partial charge in [-0.05, 0) is 12.1 Å². The van der Waals surface area contributed by atoms with E-state index in [2.05, 4.69) is 0 Å². The minimum Gasteiger partial charge on any atom is -0.399 e. The van der Waals surface area contributed by atoms with E-state index in [9.17, 15) is 0 Å². The molecular formula is C6H9NS. The number of rotatable bonds is 0. The molecule has 0 aromatic heterocycles. The molecule has 2 N–H and O–H groups in total. The highest BCUT2D eigenvalue weighted by Gasteiger charge is 1.72. The van der Waals surface area contributed by atoms with Crippen molar-refractivity contribution in [2.24, 2.45) is 0 Å². The molecule has 0 unspecified atom stereocenters. The van der Waals surface area contributed by atoms with E-state index in [0.29, 0.717) is 0 Å². The molecule has 0 bridgehead atoms. The van der Waals surface area contributed by atoms with Crippen LogP contribution < -0.4 is 5.73 Å². The van der Waals surface area contributed by atoms with Crippen molar-refractivity contribution in [3.05, 3.63) is 30.3 Å². The maximum atomic E-state index is 5.36. The second kappa shape index (κ2) is 3.38. The van der Waals surface area contributed by atoms with Gasteiger partial charge in [0.2, 0.25) is 0 Å². The zero-order valence-electron chi connectivity index (χ0n) is 4.46. The van der Waals surface area contributed by atoms with Crippen LogP contribution in [0, 0.1) is 0 Å². The summed E-state index contributed by atoms with van der Waals surface area (Å²) >= 11 is 0. The smallest absolute Gasteiger partial charge is 0.0313 e. The molecule has 0 radical (unpaired) electrons. The van der Waals surface area contributed by atoms with Crippen molar-refractivity contribution in [2.75, 3.05) is 5.73 Å². The second-order valence-corrected chi connectivity index (χ2v) is 1.41. The topological polar surface area (TPSA) is 26.0 Å². The molecule has 0 spiro atoms. The third kappa shape index (κ3) is 1.89. The van der Waals surface area contributed by atoms with Gasteiger partial charge >= 0.3 is 0 Å². The van der Waals surface area contributed by atoms with Gasteiger partial charge in [0, 0.05) is 5.69 Å². The van der Waals surface area contributed by atoms with E-state index >= 15 is 0 Å². The SMILES string of the molecule is Nc1ccccc1.S. The molecule has 0 heterocycles. The van der Waals surface area contributed by atoms with E-state index in [1.165, 1.54) is 0 Å². The van der Waals surface area contributed by atoms with Gasteiger partial charge in [-0.3, -0.25) is 0 Å². The van der Waals surface area contributed by atoms with Crippen molar-refractivity contribution >= 4 is 19.2 Å². The molecule has 0 fully saturated rings. The van der Waals surface area contributed by atoms with Crippen LogP contribution in [0.15, 0.2) is 30.3 Å². The van der Waals surface area contributed by atoms with Crippen LogP contribution in [0.5, 0.6) is 0 Å².